The van der Waals surface area contributed by atoms with Crippen molar-refractivity contribution in [2.75, 3.05) is 13.1 Å². The van der Waals surface area contributed by atoms with E-state index in [9.17, 15) is 24.0 Å². The number of H-pyrrole nitrogens is 1. The van der Waals surface area contributed by atoms with Crippen molar-refractivity contribution < 1.29 is 33.9 Å². The Morgan fingerprint density at radius 2 is 1.48 bits per heavy atom. The number of nitrogens with two attached hydrogens (primary N) is 1. The number of aromatic nitrogens is 2. The molecule has 0 saturated carbocycles. The van der Waals surface area contributed by atoms with E-state index < -0.39 is 53.8 Å². The van der Waals surface area contributed by atoms with Crippen LogP contribution in [0.5, 0.6) is 0 Å². The van der Waals surface area contributed by atoms with Crippen LogP contribution in [0.15, 0.2) is 12.5 Å². The summed E-state index contributed by atoms with van der Waals surface area (Å²) in [7, 11) is 0. The lowest BCUT2D eigenvalue weighted by molar-refractivity contribution is -0.141. The van der Waals surface area contributed by atoms with Crippen LogP contribution in [0, 0.1) is 0 Å². The molecule has 14 nitrogen and oxygen atoms in total. The number of amides is 6. The number of primary amides is 1. The SMILES string of the molecule is CC(=O)O.CCCCCCCCCCCCCCCCCCN1C(=O)C[C@@H](C(=O)N[C@H](Cc2cnc[nH]2)C(=O)N2CCC[C@@H]2C(N)=O)NC1=O. The lowest BCUT2D eigenvalue weighted by atomic mass is 10.0. The lowest BCUT2D eigenvalue weighted by Crippen LogP contribution is -2.62. The highest BCUT2D eigenvalue weighted by molar-refractivity contribution is 6.03. The predicted molar refractivity (Wildman–Crippen MR) is 190 cm³/mol. The van der Waals surface area contributed by atoms with E-state index in [0.717, 1.165) is 32.6 Å². The van der Waals surface area contributed by atoms with Gasteiger partial charge in [-0.15, -0.1) is 0 Å². The molecule has 0 aliphatic carbocycles. The Kier molecular flexibility index (Phi) is 20.4. The molecule has 0 aromatic carbocycles. The first kappa shape index (κ1) is 42.2. The van der Waals surface area contributed by atoms with Gasteiger partial charge >= 0.3 is 6.03 Å². The Hall–Kier alpha value is -3.97. The molecule has 0 bridgehead atoms. The molecule has 0 radical (unpaired) electrons. The third-order valence-electron chi connectivity index (χ3n) is 9.23. The smallest absolute Gasteiger partial charge is 0.324 e. The van der Waals surface area contributed by atoms with Gasteiger partial charge in [-0.1, -0.05) is 103 Å². The average molecular weight is 704 g/mol. The minimum absolute atomic E-state index is 0.104. The summed E-state index contributed by atoms with van der Waals surface area (Å²) in [6.07, 6.45) is 24.0. The summed E-state index contributed by atoms with van der Waals surface area (Å²) in [5.74, 6) is -2.90. The van der Waals surface area contributed by atoms with Crippen molar-refractivity contribution in [1.82, 2.24) is 30.4 Å². The summed E-state index contributed by atoms with van der Waals surface area (Å²) in [6, 6.07) is -3.45. The van der Waals surface area contributed by atoms with Crippen LogP contribution in [0.1, 0.15) is 142 Å². The zero-order valence-electron chi connectivity index (χ0n) is 30.3. The van der Waals surface area contributed by atoms with Gasteiger partial charge in [0.15, 0.2) is 0 Å². The Bertz CT molecular complexity index is 1170. The quantitative estimate of drug-likeness (QED) is 0.102. The highest BCUT2D eigenvalue weighted by Crippen LogP contribution is 2.20. The number of carbonyl (C=O) groups is 6. The number of unbranched alkanes of at least 4 members (excludes halogenated alkanes) is 15. The first-order valence-electron chi connectivity index (χ1n) is 18.7. The molecule has 14 heteroatoms. The molecular weight excluding hydrogens is 642 g/mol. The van der Waals surface area contributed by atoms with Crippen molar-refractivity contribution in [3.05, 3.63) is 18.2 Å². The van der Waals surface area contributed by atoms with E-state index in [2.05, 4.69) is 27.5 Å². The lowest BCUT2D eigenvalue weighted by Gasteiger charge is -2.32. The monoisotopic (exact) mass is 703 g/mol. The van der Waals surface area contributed by atoms with Gasteiger partial charge in [-0.05, 0) is 19.3 Å². The summed E-state index contributed by atoms with van der Waals surface area (Å²) in [5, 5.41) is 12.8. The number of nitrogens with zero attached hydrogens (tertiary/aromatic N) is 3. The molecule has 2 fully saturated rings. The number of aromatic amines is 1. The van der Waals surface area contributed by atoms with Crippen molar-refractivity contribution in [2.24, 2.45) is 5.73 Å². The molecule has 2 aliphatic rings. The van der Waals surface area contributed by atoms with Gasteiger partial charge in [-0.2, -0.15) is 0 Å². The Morgan fingerprint density at radius 3 is 1.96 bits per heavy atom. The van der Waals surface area contributed by atoms with E-state index in [1.807, 2.05) is 0 Å². The van der Waals surface area contributed by atoms with Gasteiger partial charge in [0.1, 0.15) is 18.1 Å². The maximum Gasteiger partial charge on any atom is 0.324 e. The van der Waals surface area contributed by atoms with Crippen LogP contribution in [-0.2, 0) is 30.4 Å². The fourth-order valence-electron chi connectivity index (χ4n) is 6.49. The third-order valence-corrected chi connectivity index (χ3v) is 9.23. The van der Waals surface area contributed by atoms with Crippen molar-refractivity contribution in [3.8, 4) is 0 Å². The van der Waals surface area contributed by atoms with Crippen LogP contribution in [0.25, 0.3) is 0 Å². The highest BCUT2D eigenvalue weighted by atomic mass is 16.4. The number of urea groups is 1. The molecule has 6 amide bonds. The topological polar surface area (TPSA) is 208 Å². The second kappa shape index (κ2) is 24.2. The fraction of sp³-hybridized carbons (Fsp3) is 0.750. The van der Waals surface area contributed by atoms with E-state index in [1.54, 1.807) is 6.20 Å². The largest absolute Gasteiger partial charge is 0.481 e. The summed E-state index contributed by atoms with van der Waals surface area (Å²) < 4.78 is 0. The van der Waals surface area contributed by atoms with E-state index in [1.165, 1.54) is 93.2 Å². The first-order chi connectivity index (χ1) is 24.0. The molecule has 1 aromatic rings. The van der Waals surface area contributed by atoms with Crippen molar-refractivity contribution >= 4 is 35.6 Å². The van der Waals surface area contributed by atoms with Crippen LogP contribution >= 0.6 is 0 Å². The highest BCUT2D eigenvalue weighted by Gasteiger charge is 2.40. The molecule has 3 rings (SSSR count). The molecule has 6 N–H and O–H groups in total. The van der Waals surface area contributed by atoms with Gasteiger partial charge in [-0.25, -0.2) is 9.78 Å². The molecule has 1 aromatic heterocycles. The van der Waals surface area contributed by atoms with Gasteiger partial charge < -0.3 is 31.4 Å². The van der Waals surface area contributed by atoms with Crippen LogP contribution in [-0.4, -0.2) is 91.7 Å². The van der Waals surface area contributed by atoms with Crippen LogP contribution in [0.4, 0.5) is 4.79 Å². The summed E-state index contributed by atoms with van der Waals surface area (Å²) in [5.41, 5.74) is 6.12. The predicted octanol–water partition coefficient (Wildman–Crippen LogP) is 4.58. The summed E-state index contributed by atoms with van der Waals surface area (Å²) in [4.78, 5) is 82.6. The normalized spacial score (nSPS) is 17.9. The molecule has 2 saturated heterocycles. The van der Waals surface area contributed by atoms with E-state index in [0.29, 0.717) is 31.6 Å². The molecule has 3 atom stereocenters. The first-order valence-corrected chi connectivity index (χ1v) is 18.7. The Morgan fingerprint density at radius 1 is 0.940 bits per heavy atom. The number of nitrogens with one attached hydrogen (secondary N) is 3. The second-order valence-corrected chi connectivity index (χ2v) is 13.5. The number of carbonyl (C=O) groups excluding carboxylic acids is 5. The average Bonchev–Trinajstić information content (AvgIpc) is 3.77. The zero-order chi connectivity index (χ0) is 36.7. The Labute approximate surface area is 297 Å². The number of hydrogen-bond donors (Lipinski definition) is 5. The summed E-state index contributed by atoms with van der Waals surface area (Å²) >= 11 is 0. The van der Waals surface area contributed by atoms with E-state index in [-0.39, 0.29) is 12.8 Å². The fourth-order valence-corrected chi connectivity index (χ4v) is 6.49. The van der Waals surface area contributed by atoms with Gasteiger partial charge in [0.05, 0.1) is 12.7 Å². The molecule has 50 heavy (non-hydrogen) atoms. The number of aliphatic carboxylic acids is 1. The van der Waals surface area contributed by atoms with Gasteiger partial charge in [0.2, 0.25) is 23.6 Å². The number of hydrogen-bond acceptors (Lipinski definition) is 7. The van der Waals surface area contributed by atoms with E-state index >= 15 is 0 Å². The van der Waals surface area contributed by atoms with Crippen molar-refractivity contribution in [1.29, 1.82) is 0 Å². The molecule has 2 aliphatic heterocycles. The number of imide groups is 1. The molecule has 0 spiro atoms. The molecule has 0 unspecified atom stereocenters. The van der Waals surface area contributed by atoms with Crippen molar-refractivity contribution in [2.45, 2.75) is 160 Å². The second-order valence-electron chi connectivity index (χ2n) is 13.5. The number of likely N-dealkylation sites (tertiary alicyclic amines) is 1. The number of carboxylic acid groups (broad SMARTS) is 1. The maximum absolute atomic E-state index is 13.4. The van der Waals surface area contributed by atoms with E-state index in [4.69, 9.17) is 15.6 Å². The third kappa shape index (κ3) is 16.2. The number of imidazole rings is 1. The molecular formula is C36H61N7O7. The molecule has 282 valence electrons. The van der Waals surface area contributed by atoms with Crippen LogP contribution < -0.4 is 16.4 Å². The summed E-state index contributed by atoms with van der Waals surface area (Å²) in [6.45, 7) is 4.02. The van der Waals surface area contributed by atoms with Crippen LogP contribution in [0.3, 0.4) is 0 Å². The maximum atomic E-state index is 13.4. The number of carboxylic acids is 1. The van der Waals surface area contributed by atoms with Gasteiger partial charge in [0, 0.05) is 38.3 Å². The Balaban J connectivity index is 0.00000205. The van der Waals surface area contributed by atoms with Crippen LogP contribution in [0.2, 0.25) is 0 Å². The van der Waals surface area contributed by atoms with Crippen molar-refractivity contribution in [3.63, 3.8) is 0 Å². The number of rotatable bonds is 23. The minimum Gasteiger partial charge on any atom is -0.481 e. The molecule has 3 heterocycles. The van der Waals surface area contributed by atoms with Gasteiger partial charge in [-0.3, -0.25) is 28.9 Å². The van der Waals surface area contributed by atoms with Gasteiger partial charge in [0.25, 0.3) is 5.97 Å². The zero-order valence-corrected chi connectivity index (χ0v) is 30.3. The standard InChI is InChI=1S/C34H57N7O5.C2H4O2/c1-2-3-4-5-6-7-8-9-10-11-12-13-14-15-16-17-20-41-30(42)23-27(39-34(41)46)32(44)38-28(22-26-24-36-25-37-26)33(45)40-21-18-19-29(40)31(35)43;1-2(3)4/h24-25,27-29H,2-23H2,1H3,(H2,35,43)(H,36,37)(H,38,44)(H,39,46);1H3,(H,3,4)/t27-,28+,29+;/m0./s1. The minimum atomic E-state index is -1.09.